The molecule has 2 N–H and O–H groups in total. The first-order chi connectivity index (χ1) is 13.0. The Morgan fingerprint density at radius 2 is 1.82 bits per heavy atom. The van der Waals surface area contributed by atoms with Crippen molar-refractivity contribution in [2.75, 3.05) is 18.6 Å². The molecular weight excluding hydrogens is 368 g/mol. The summed E-state index contributed by atoms with van der Waals surface area (Å²) in [5.74, 6) is 9.50. The van der Waals surface area contributed by atoms with Gasteiger partial charge in [0, 0.05) is 35.1 Å². The second-order valence-corrected chi connectivity index (χ2v) is 7.52. The Morgan fingerprint density at radius 3 is 2.50 bits per heavy atom. The van der Waals surface area contributed by atoms with Gasteiger partial charge in [-0.2, -0.15) is 0 Å². The van der Waals surface area contributed by atoms with Crippen LogP contribution in [0.3, 0.4) is 0 Å². The van der Waals surface area contributed by atoms with Gasteiger partial charge in [0.1, 0.15) is 6.17 Å². The molecule has 2 heterocycles. The number of halogens is 1. The Kier molecular flexibility index (Phi) is 5.71. The first-order valence-corrected chi connectivity index (χ1v) is 9.37. The number of hydrogen-bond donors (Lipinski definition) is 1. The number of aromatic nitrogens is 1. The number of terminal acetylenes is 1. The van der Waals surface area contributed by atoms with Crippen LogP contribution in [0.25, 0.3) is 10.9 Å². The van der Waals surface area contributed by atoms with E-state index in [1.165, 1.54) is 33.3 Å². The Labute approximate surface area is 173 Å². The number of nitrogens with two attached hydrogens (primary N) is 1. The summed E-state index contributed by atoms with van der Waals surface area (Å²) >= 11 is 0. The summed E-state index contributed by atoms with van der Waals surface area (Å²) in [5, 5.41) is 3.14. The molecule has 3 aromatic rings. The van der Waals surface area contributed by atoms with Crippen molar-refractivity contribution in [3.63, 3.8) is 0 Å². The molecule has 0 bridgehead atoms. The summed E-state index contributed by atoms with van der Waals surface area (Å²) in [7, 11) is 2.14. The summed E-state index contributed by atoms with van der Waals surface area (Å²) in [6, 6.07) is 15.0. The molecule has 146 valence electrons. The molecule has 5 heteroatoms. The largest absolute Gasteiger partial charge is 0.332 e. The Balaban J connectivity index is 0.00000225. The number of aryl methyl sites for hydroxylation is 2. The highest BCUT2D eigenvalue weighted by atomic mass is 35.5. The topological polar surface area (TPSA) is 37.4 Å². The molecule has 2 aromatic carbocycles. The van der Waals surface area contributed by atoms with E-state index in [-0.39, 0.29) is 18.6 Å². The number of rotatable bonds is 3. The lowest BCUT2D eigenvalue weighted by Crippen LogP contribution is -2.47. The fourth-order valence-electron chi connectivity index (χ4n) is 4.21. The van der Waals surface area contributed by atoms with Gasteiger partial charge in [0.25, 0.3) is 0 Å². The van der Waals surface area contributed by atoms with Crippen molar-refractivity contribution in [2.45, 2.75) is 33.0 Å². The highest BCUT2D eigenvalue weighted by Crippen LogP contribution is 2.39. The minimum absolute atomic E-state index is 0. The average molecular weight is 395 g/mol. The number of nitrogens with zero attached hydrogens (tertiary/aromatic N) is 3. The van der Waals surface area contributed by atoms with Crippen LogP contribution in [0.1, 0.15) is 28.6 Å². The van der Waals surface area contributed by atoms with Crippen LogP contribution in [-0.2, 0) is 13.0 Å². The summed E-state index contributed by atoms with van der Waals surface area (Å²) in [6.07, 6.45) is 6.63. The highest BCUT2D eigenvalue weighted by molar-refractivity contribution is 5.87. The van der Waals surface area contributed by atoms with E-state index in [4.69, 9.17) is 12.3 Å². The molecule has 1 aliphatic heterocycles. The van der Waals surface area contributed by atoms with E-state index in [0.29, 0.717) is 6.54 Å². The summed E-state index contributed by atoms with van der Waals surface area (Å²) in [5.41, 5.74) is 7.26. The number of anilines is 1. The summed E-state index contributed by atoms with van der Waals surface area (Å²) < 4.78 is 2.28. The number of likely N-dealkylation sites (N-methyl/N-ethyl adjacent to an activating group) is 1. The molecule has 4 rings (SSSR count). The van der Waals surface area contributed by atoms with Crippen LogP contribution in [0.4, 0.5) is 5.69 Å². The van der Waals surface area contributed by atoms with E-state index >= 15 is 0 Å². The molecule has 0 amide bonds. The monoisotopic (exact) mass is 394 g/mol. The normalized spacial score (nSPS) is 16.3. The minimum Gasteiger partial charge on any atom is -0.332 e. The lowest BCUT2D eigenvalue weighted by molar-refractivity contribution is 0.222. The summed E-state index contributed by atoms with van der Waals surface area (Å²) in [4.78, 5) is 2.32. The van der Waals surface area contributed by atoms with E-state index in [2.05, 4.69) is 78.7 Å². The van der Waals surface area contributed by atoms with Crippen molar-refractivity contribution < 1.29 is 0 Å². The quantitative estimate of drug-likeness (QED) is 0.411. The first kappa shape index (κ1) is 20.3. The minimum atomic E-state index is -0.0280. The maximum Gasteiger partial charge on any atom is 0.125 e. The van der Waals surface area contributed by atoms with Crippen molar-refractivity contribution in [1.29, 1.82) is 0 Å². The fraction of sp³-hybridized carbons (Fsp3) is 0.304. The van der Waals surface area contributed by atoms with Gasteiger partial charge in [-0.3, -0.25) is 9.91 Å². The second kappa shape index (κ2) is 7.89. The van der Waals surface area contributed by atoms with Crippen LogP contribution in [0.2, 0.25) is 0 Å². The molecule has 0 saturated heterocycles. The van der Waals surface area contributed by atoms with Gasteiger partial charge in [-0.25, -0.2) is 5.84 Å². The standard InChI is InChI=1S/C23H26N4.ClH/c1-5-13-26-20-11-8-17(3)15-19(20)22-21(26)12-14-25(4)23(22)27(24)18-9-6-16(2)7-10-18;/h1,6-11,15,23H,12-14,24H2,2-4H3;1H. The van der Waals surface area contributed by atoms with Crippen LogP contribution >= 0.6 is 12.4 Å². The maximum absolute atomic E-state index is 6.68. The first-order valence-electron chi connectivity index (χ1n) is 9.37. The molecule has 1 aliphatic rings. The van der Waals surface area contributed by atoms with E-state index in [1.54, 1.807) is 0 Å². The van der Waals surface area contributed by atoms with Crippen molar-refractivity contribution in [2.24, 2.45) is 5.84 Å². The fourth-order valence-corrected chi connectivity index (χ4v) is 4.21. The average Bonchev–Trinajstić information content (AvgIpc) is 2.95. The highest BCUT2D eigenvalue weighted by Gasteiger charge is 2.34. The lowest BCUT2D eigenvalue weighted by atomic mass is 9.99. The van der Waals surface area contributed by atoms with E-state index in [1.807, 2.05) is 5.01 Å². The van der Waals surface area contributed by atoms with Crippen molar-refractivity contribution in [3.8, 4) is 12.3 Å². The molecule has 0 spiro atoms. The van der Waals surface area contributed by atoms with E-state index < -0.39 is 0 Å². The molecule has 1 atom stereocenters. The van der Waals surface area contributed by atoms with Crippen molar-refractivity contribution in [3.05, 3.63) is 64.8 Å². The Hall–Kier alpha value is -2.45. The van der Waals surface area contributed by atoms with Gasteiger partial charge < -0.3 is 4.57 Å². The zero-order chi connectivity index (χ0) is 19.1. The van der Waals surface area contributed by atoms with Crippen LogP contribution in [0.5, 0.6) is 0 Å². The number of hydrogen-bond acceptors (Lipinski definition) is 3. The van der Waals surface area contributed by atoms with Gasteiger partial charge >= 0.3 is 0 Å². The lowest BCUT2D eigenvalue weighted by Gasteiger charge is -2.40. The summed E-state index contributed by atoms with van der Waals surface area (Å²) in [6.45, 7) is 5.75. The van der Waals surface area contributed by atoms with Gasteiger partial charge in [-0.05, 0) is 45.2 Å². The van der Waals surface area contributed by atoms with Gasteiger partial charge in [0.05, 0.1) is 12.2 Å². The third-order valence-corrected chi connectivity index (χ3v) is 5.59. The number of benzene rings is 2. The van der Waals surface area contributed by atoms with Gasteiger partial charge in [-0.15, -0.1) is 18.8 Å². The molecule has 4 nitrogen and oxygen atoms in total. The van der Waals surface area contributed by atoms with Crippen LogP contribution < -0.4 is 10.9 Å². The van der Waals surface area contributed by atoms with Gasteiger partial charge in [-0.1, -0.05) is 35.2 Å². The van der Waals surface area contributed by atoms with Gasteiger partial charge in [0.15, 0.2) is 0 Å². The smallest absolute Gasteiger partial charge is 0.125 e. The third kappa shape index (κ3) is 3.27. The molecule has 28 heavy (non-hydrogen) atoms. The number of fused-ring (bicyclic) bond motifs is 3. The van der Waals surface area contributed by atoms with E-state index in [9.17, 15) is 0 Å². The predicted octanol–water partition coefficient (Wildman–Crippen LogP) is 4.18. The molecule has 0 radical (unpaired) electrons. The van der Waals surface area contributed by atoms with Gasteiger partial charge in [0.2, 0.25) is 0 Å². The molecule has 0 aliphatic carbocycles. The Bertz CT molecular complexity index is 1030. The Morgan fingerprint density at radius 1 is 1.14 bits per heavy atom. The number of hydrazine groups is 1. The van der Waals surface area contributed by atoms with Crippen molar-refractivity contribution >= 4 is 29.0 Å². The zero-order valence-corrected chi connectivity index (χ0v) is 17.5. The predicted molar refractivity (Wildman–Crippen MR) is 120 cm³/mol. The molecule has 1 unspecified atom stereocenters. The third-order valence-electron chi connectivity index (χ3n) is 5.59. The van der Waals surface area contributed by atoms with Crippen LogP contribution in [0.15, 0.2) is 42.5 Å². The SMILES string of the molecule is C#CCn1c2c(c3cc(C)ccc31)C(N(N)c1ccc(C)cc1)N(C)CC2.Cl. The molecular formula is C23H27ClN4. The second-order valence-electron chi connectivity index (χ2n) is 7.52. The van der Waals surface area contributed by atoms with Crippen LogP contribution in [0, 0.1) is 26.2 Å². The molecule has 0 saturated carbocycles. The maximum atomic E-state index is 6.68. The van der Waals surface area contributed by atoms with Crippen LogP contribution in [-0.4, -0.2) is 23.1 Å². The van der Waals surface area contributed by atoms with Crippen molar-refractivity contribution in [1.82, 2.24) is 9.47 Å². The zero-order valence-electron chi connectivity index (χ0n) is 16.6. The molecule has 1 aromatic heterocycles. The molecule has 0 fully saturated rings. The van der Waals surface area contributed by atoms with E-state index in [0.717, 1.165) is 18.7 Å².